The number of benzene rings is 2. The summed E-state index contributed by atoms with van der Waals surface area (Å²) in [5.41, 5.74) is 0.195. The third kappa shape index (κ3) is 6.22. The Bertz CT molecular complexity index is 984. The molecule has 4 atom stereocenters. The van der Waals surface area contributed by atoms with E-state index in [0.29, 0.717) is 36.9 Å². The number of likely N-dealkylation sites (tertiary alicyclic amines) is 1. The van der Waals surface area contributed by atoms with E-state index in [-0.39, 0.29) is 24.8 Å². The molecule has 1 amide bonds. The van der Waals surface area contributed by atoms with Gasteiger partial charge in [-0.25, -0.2) is 4.39 Å². The quantitative estimate of drug-likeness (QED) is 0.414. The van der Waals surface area contributed by atoms with Crippen molar-refractivity contribution in [2.75, 3.05) is 40.0 Å². The first-order chi connectivity index (χ1) is 16.7. The van der Waals surface area contributed by atoms with Crippen LogP contribution in [-0.4, -0.2) is 78.4 Å². The summed E-state index contributed by atoms with van der Waals surface area (Å²) >= 11 is 0. The second kappa shape index (κ2) is 11.7. The molecule has 0 saturated carbocycles. The van der Waals surface area contributed by atoms with Gasteiger partial charge in [0.2, 0.25) is 0 Å². The molecule has 0 bridgehead atoms. The number of aliphatic hydroxyl groups excluding tert-OH is 3. The molecular weight excluding hydrogens is 457 g/mol. The van der Waals surface area contributed by atoms with E-state index in [1.54, 1.807) is 32.2 Å². The summed E-state index contributed by atoms with van der Waals surface area (Å²) in [4.78, 5) is 14.0. The van der Waals surface area contributed by atoms with Gasteiger partial charge in [0.15, 0.2) is 17.6 Å². The van der Waals surface area contributed by atoms with E-state index in [1.807, 2.05) is 19.1 Å². The Morgan fingerprint density at radius 1 is 1.14 bits per heavy atom. The summed E-state index contributed by atoms with van der Waals surface area (Å²) in [5, 5.41) is 29.6. The van der Waals surface area contributed by atoms with Crippen LogP contribution in [0.15, 0.2) is 42.5 Å². The van der Waals surface area contributed by atoms with E-state index in [2.05, 4.69) is 0 Å². The second-order valence-corrected chi connectivity index (χ2v) is 9.07. The van der Waals surface area contributed by atoms with Crippen LogP contribution in [0, 0.1) is 11.2 Å². The van der Waals surface area contributed by atoms with Crippen LogP contribution in [-0.2, 0) is 4.79 Å². The molecule has 192 valence electrons. The molecule has 2 aromatic rings. The summed E-state index contributed by atoms with van der Waals surface area (Å²) in [7, 11) is 1.55. The number of amides is 1. The molecule has 0 unspecified atom stereocenters. The lowest BCUT2D eigenvalue weighted by Crippen LogP contribution is -2.42. The number of methoxy groups -OCH3 is 1. The largest absolute Gasteiger partial charge is 0.493 e. The molecule has 0 aromatic heterocycles. The van der Waals surface area contributed by atoms with Crippen molar-refractivity contribution in [1.29, 1.82) is 0 Å². The lowest BCUT2D eigenvalue weighted by atomic mass is 9.72. The van der Waals surface area contributed by atoms with Gasteiger partial charge in [-0.1, -0.05) is 13.0 Å². The predicted molar refractivity (Wildman–Crippen MR) is 127 cm³/mol. The SMILES string of the molecule is COc1ccc([C@@H]2CN(C(=O)[C@@H](O)CO)C[C@@]2(C)[C@@H](C)O)cc1OCCCOc1ccc(F)cc1. The molecule has 2 aromatic carbocycles. The number of ether oxygens (including phenoxy) is 3. The molecule has 3 rings (SSSR count). The van der Waals surface area contributed by atoms with Gasteiger partial charge < -0.3 is 34.4 Å². The number of carbonyl (C=O) groups is 1. The maximum atomic E-state index is 13.0. The van der Waals surface area contributed by atoms with E-state index < -0.39 is 30.1 Å². The number of halogens is 1. The Morgan fingerprint density at radius 2 is 1.83 bits per heavy atom. The van der Waals surface area contributed by atoms with Crippen molar-refractivity contribution >= 4 is 5.91 Å². The number of nitrogens with zero attached hydrogens (tertiary/aromatic N) is 1. The fraction of sp³-hybridized carbons (Fsp3) is 0.500. The van der Waals surface area contributed by atoms with Crippen molar-refractivity contribution in [3.63, 3.8) is 0 Å². The molecular formula is C26H34FNO7. The molecule has 1 saturated heterocycles. The average Bonchev–Trinajstić information content (AvgIpc) is 3.22. The molecule has 0 radical (unpaired) electrons. The molecule has 1 aliphatic heterocycles. The molecule has 1 fully saturated rings. The van der Waals surface area contributed by atoms with E-state index in [0.717, 1.165) is 5.56 Å². The summed E-state index contributed by atoms with van der Waals surface area (Å²) < 4.78 is 30.0. The number of hydrogen-bond acceptors (Lipinski definition) is 7. The monoisotopic (exact) mass is 491 g/mol. The first kappa shape index (κ1) is 26.7. The van der Waals surface area contributed by atoms with E-state index in [4.69, 9.17) is 14.2 Å². The van der Waals surface area contributed by atoms with Gasteiger partial charge in [0.25, 0.3) is 5.91 Å². The summed E-state index contributed by atoms with van der Waals surface area (Å²) in [5.74, 6) is 0.544. The Labute approximate surface area is 204 Å². The van der Waals surface area contributed by atoms with Crippen LogP contribution < -0.4 is 14.2 Å². The molecule has 35 heavy (non-hydrogen) atoms. The van der Waals surface area contributed by atoms with Crippen molar-refractivity contribution in [1.82, 2.24) is 4.90 Å². The fourth-order valence-electron chi connectivity index (χ4n) is 4.37. The van der Waals surface area contributed by atoms with Gasteiger partial charge in [0.05, 0.1) is 33.0 Å². The molecule has 1 heterocycles. The zero-order chi connectivity index (χ0) is 25.6. The number of carbonyl (C=O) groups excluding carboxylic acids is 1. The summed E-state index contributed by atoms with van der Waals surface area (Å²) in [6.45, 7) is 4.21. The highest BCUT2D eigenvalue weighted by atomic mass is 19.1. The number of rotatable bonds is 11. The Morgan fingerprint density at radius 3 is 2.46 bits per heavy atom. The third-order valence-corrected chi connectivity index (χ3v) is 6.67. The van der Waals surface area contributed by atoms with Gasteiger partial charge in [-0.3, -0.25) is 4.79 Å². The van der Waals surface area contributed by atoms with Gasteiger partial charge in [-0.05, 0) is 48.9 Å². The van der Waals surface area contributed by atoms with Crippen LogP contribution in [0.5, 0.6) is 17.2 Å². The standard InChI is InChI=1S/C26H34FNO7/c1-17(30)26(2)16-28(25(32)22(31)15-29)14-21(26)18-5-10-23(33-3)24(13-18)35-12-4-11-34-20-8-6-19(27)7-9-20/h5-10,13,17,21-22,29-31H,4,11-12,14-16H2,1-3H3/t17-,21+,22+,26+/m1/s1. The molecule has 0 spiro atoms. The van der Waals surface area contributed by atoms with Crippen molar-refractivity contribution in [3.8, 4) is 17.2 Å². The Kier molecular flexibility index (Phi) is 8.93. The average molecular weight is 492 g/mol. The molecule has 1 aliphatic rings. The lowest BCUT2D eigenvalue weighted by molar-refractivity contribution is -0.141. The highest BCUT2D eigenvalue weighted by molar-refractivity contribution is 5.81. The van der Waals surface area contributed by atoms with Gasteiger partial charge in [-0.15, -0.1) is 0 Å². The van der Waals surface area contributed by atoms with Crippen LogP contribution in [0.4, 0.5) is 4.39 Å². The van der Waals surface area contributed by atoms with Crippen molar-refractivity contribution in [2.45, 2.75) is 38.4 Å². The zero-order valence-electron chi connectivity index (χ0n) is 20.3. The maximum Gasteiger partial charge on any atom is 0.253 e. The molecule has 0 aliphatic carbocycles. The minimum atomic E-state index is -1.49. The highest BCUT2D eigenvalue weighted by Crippen LogP contribution is 2.47. The van der Waals surface area contributed by atoms with Gasteiger partial charge in [-0.2, -0.15) is 0 Å². The van der Waals surface area contributed by atoms with Crippen LogP contribution in [0.25, 0.3) is 0 Å². The number of hydrogen-bond donors (Lipinski definition) is 3. The summed E-state index contributed by atoms with van der Waals surface area (Å²) in [6.07, 6.45) is -1.63. The molecule has 3 N–H and O–H groups in total. The molecule has 8 nitrogen and oxygen atoms in total. The molecule has 9 heteroatoms. The normalized spacial score (nSPS) is 21.5. The van der Waals surface area contributed by atoms with Crippen LogP contribution >= 0.6 is 0 Å². The van der Waals surface area contributed by atoms with Crippen LogP contribution in [0.3, 0.4) is 0 Å². The minimum Gasteiger partial charge on any atom is -0.493 e. The zero-order valence-corrected chi connectivity index (χ0v) is 20.3. The van der Waals surface area contributed by atoms with Gasteiger partial charge in [0.1, 0.15) is 11.6 Å². The minimum absolute atomic E-state index is 0.229. The Hall–Kier alpha value is -2.88. The highest BCUT2D eigenvalue weighted by Gasteiger charge is 2.49. The topological polar surface area (TPSA) is 109 Å². The predicted octanol–water partition coefficient (Wildman–Crippen LogP) is 2.35. The Balaban J connectivity index is 1.69. The fourth-order valence-corrected chi connectivity index (χ4v) is 4.37. The second-order valence-electron chi connectivity index (χ2n) is 9.07. The number of aliphatic hydroxyl groups is 3. The smallest absolute Gasteiger partial charge is 0.253 e. The van der Waals surface area contributed by atoms with Crippen LogP contribution in [0.2, 0.25) is 0 Å². The van der Waals surface area contributed by atoms with E-state index in [1.165, 1.54) is 17.0 Å². The van der Waals surface area contributed by atoms with E-state index >= 15 is 0 Å². The van der Waals surface area contributed by atoms with Gasteiger partial charge in [0, 0.05) is 30.8 Å². The first-order valence-electron chi connectivity index (χ1n) is 11.6. The maximum absolute atomic E-state index is 13.0. The third-order valence-electron chi connectivity index (χ3n) is 6.67. The first-order valence-corrected chi connectivity index (χ1v) is 11.6. The van der Waals surface area contributed by atoms with Crippen molar-refractivity contribution in [2.24, 2.45) is 5.41 Å². The summed E-state index contributed by atoms with van der Waals surface area (Å²) in [6, 6.07) is 11.3. The lowest BCUT2D eigenvalue weighted by Gasteiger charge is -2.34. The van der Waals surface area contributed by atoms with Crippen LogP contribution in [0.1, 0.15) is 31.7 Å². The van der Waals surface area contributed by atoms with Crippen molar-refractivity contribution < 1.29 is 38.7 Å². The van der Waals surface area contributed by atoms with E-state index in [9.17, 15) is 24.5 Å². The van der Waals surface area contributed by atoms with Crippen molar-refractivity contribution in [3.05, 3.63) is 53.8 Å². The van der Waals surface area contributed by atoms with Gasteiger partial charge >= 0.3 is 0 Å².